The fourth-order valence-electron chi connectivity index (χ4n) is 7.24. The van der Waals surface area contributed by atoms with Crippen LogP contribution >= 0.6 is 0 Å². The molecule has 5 heteroatoms. The molecule has 2 aliphatic heterocycles. The van der Waals surface area contributed by atoms with Crippen molar-refractivity contribution in [3.05, 3.63) is 45.3 Å². The summed E-state index contributed by atoms with van der Waals surface area (Å²) < 4.78 is 5.18. The second-order valence-electron chi connectivity index (χ2n) is 10.3. The third kappa shape index (κ3) is 1.29. The summed E-state index contributed by atoms with van der Waals surface area (Å²) in [5, 5.41) is 0. The van der Waals surface area contributed by atoms with Crippen LogP contribution in [0.15, 0.2) is 33.9 Å². The second kappa shape index (κ2) is 4.05. The van der Waals surface area contributed by atoms with Crippen molar-refractivity contribution in [1.82, 2.24) is 13.9 Å². The molecular formula is C21H27N3O2. The molecule has 0 saturated heterocycles. The molecule has 4 bridgehead atoms. The van der Waals surface area contributed by atoms with Crippen molar-refractivity contribution in [2.24, 2.45) is 28.1 Å². The molecule has 5 nitrogen and oxygen atoms in total. The summed E-state index contributed by atoms with van der Waals surface area (Å²) in [4.78, 5) is 27.0. The topological polar surface area (TPSA) is 48.9 Å². The lowest BCUT2D eigenvalue weighted by Gasteiger charge is -2.55. The summed E-state index contributed by atoms with van der Waals surface area (Å²) in [6.07, 6.45) is 12.0. The summed E-state index contributed by atoms with van der Waals surface area (Å²) in [5.41, 5.74) is -0.0119. The van der Waals surface area contributed by atoms with Gasteiger partial charge in [-0.05, 0) is 36.0 Å². The van der Waals surface area contributed by atoms with Gasteiger partial charge in [-0.25, -0.2) is 23.5 Å². The average Bonchev–Trinajstić information content (AvgIpc) is 3.04. The molecule has 0 N–H and O–H groups in total. The molecule has 7 atom stereocenters. The Morgan fingerprint density at radius 2 is 1.73 bits per heavy atom. The summed E-state index contributed by atoms with van der Waals surface area (Å²) in [5.74, 6) is 0.938. The lowest BCUT2D eigenvalue weighted by atomic mass is 9.57. The molecular weight excluding hydrogens is 326 g/mol. The van der Waals surface area contributed by atoms with E-state index in [0.717, 1.165) is 12.8 Å². The van der Waals surface area contributed by atoms with Gasteiger partial charge in [-0.15, -0.1) is 0 Å². The van der Waals surface area contributed by atoms with Crippen molar-refractivity contribution in [3.63, 3.8) is 0 Å². The molecule has 2 fully saturated rings. The Morgan fingerprint density at radius 3 is 2.31 bits per heavy atom. The van der Waals surface area contributed by atoms with Gasteiger partial charge in [-0.3, -0.25) is 0 Å². The maximum absolute atomic E-state index is 13.5. The SMILES string of the molecule is CC1(C)[C@@H]2CC[C@]1(C)[C@H](n1c(=O)n3n(c1=O)[C@@H]1C=C[C@@H]3[C@H]3C=C[C@@]31C)C2. The van der Waals surface area contributed by atoms with Gasteiger partial charge in [0.05, 0.1) is 12.1 Å². The van der Waals surface area contributed by atoms with Crippen LogP contribution in [0.1, 0.15) is 65.1 Å². The second-order valence-corrected chi connectivity index (χ2v) is 10.3. The molecule has 1 aromatic rings. The van der Waals surface area contributed by atoms with Gasteiger partial charge in [0.25, 0.3) is 0 Å². The number of nitrogens with zero attached hydrogens (tertiary/aromatic N) is 3. The number of hydrogen-bond donors (Lipinski definition) is 0. The van der Waals surface area contributed by atoms with Gasteiger partial charge < -0.3 is 0 Å². The average molecular weight is 353 g/mol. The van der Waals surface area contributed by atoms with Gasteiger partial charge in [0.1, 0.15) is 0 Å². The Bertz CT molecular complexity index is 1020. The van der Waals surface area contributed by atoms with Crippen LogP contribution in [0.5, 0.6) is 0 Å². The van der Waals surface area contributed by atoms with Crippen LogP contribution in [0.4, 0.5) is 0 Å². The Balaban J connectivity index is 1.57. The molecule has 0 spiro atoms. The monoisotopic (exact) mass is 353 g/mol. The van der Waals surface area contributed by atoms with Crippen LogP contribution in [0, 0.1) is 28.1 Å². The molecule has 6 aliphatic rings. The van der Waals surface area contributed by atoms with Gasteiger partial charge in [0.2, 0.25) is 0 Å². The molecule has 1 aromatic heterocycles. The van der Waals surface area contributed by atoms with E-state index in [-0.39, 0.29) is 45.7 Å². The fraction of sp³-hybridized carbons (Fsp3) is 0.714. The minimum Gasteiger partial charge on any atom is -0.246 e. The number of allylic oxidation sites excluding steroid dienone is 4. The van der Waals surface area contributed by atoms with Crippen LogP contribution in [-0.4, -0.2) is 13.9 Å². The van der Waals surface area contributed by atoms with Gasteiger partial charge in [0.15, 0.2) is 0 Å². The van der Waals surface area contributed by atoms with Gasteiger partial charge in [-0.2, -0.15) is 0 Å². The highest BCUT2D eigenvalue weighted by Gasteiger charge is 2.63. The zero-order valence-electron chi connectivity index (χ0n) is 16.0. The van der Waals surface area contributed by atoms with E-state index >= 15 is 0 Å². The van der Waals surface area contributed by atoms with Gasteiger partial charge >= 0.3 is 11.4 Å². The Kier molecular flexibility index (Phi) is 2.38. The highest BCUT2D eigenvalue weighted by molar-refractivity contribution is 5.33. The summed E-state index contributed by atoms with van der Waals surface area (Å²) in [7, 11) is 0. The van der Waals surface area contributed by atoms with Crippen molar-refractivity contribution in [3.8, 4) is 0 Å². The Morgan fingerprint density at radius 1 is 1.00 bits per heavy atom. The van der Waals surface area contributed by atoms with E-state index in [1.54, 1.807) is 13.9 Å². The lowest BCUT2D eigenvalue weighted by Crippen LogP contribution is -2.55. The minimum absolute atomic E-state index is 0.0177. The molecule has 3 heterocycles. The highest BCUT2D eigenvalue weighted by Crippen LogP contribution is 2.69. The van der Waals surface area contributed by atoms with Crippen LogP contribution < -0.4 is 11.4 Å². The van der Waals surface area contributed by atoms with E-state index in [4.69, 9.17) is 0 Å². The maximum atomic E-state index is 13.5. The van der Waals surface area contributed by atoms with Crippen molar-refractivity contribution < 1.29 is 0 Å². The van der Waals surface area contributed by atoms with E-state index in [1.165, 1.54) is 6.42 Å². The number of rotatable bonds is 1. The summed E-state index contributed by atoms with van der Waals surface area (Å²) in [6.45, 7) is 9.19. The molecule has 0 unspecified atom stereocenters. The summed E-state index contributed by atoms with van der Waals surface area (Å²) in [6, 6.07) is -0.0288. The van der Waals surface area contributed by atoms with Crippen LogP contribution in [0.2, 0.25) is 0 Å². The van der Waals surface area contributed by atoms with Crippen LogP contribution in [0.25, 0.3) is 0 Å². The first-order valence-corrected chi connectivity index (χ1v) is 10.0. The first-order valence-electron chi connectivity index (χ1n) is 10.0. The number of hydrogen-bond acceptors (Lipinski definition) is 2. The summed E-state index contributed by atoms with van der Waals surface area (Å²) >= 11 is 0. The molecule has 4 aliphatic carbocycles. The van der Waals surface area contributed by atoms with Crippen molar-refractivity contribution >= 4 is 0 Å². The van der Waals surface area contributed by atoms with E-state index in [0.29, 0.717) is 11.8 Å². The molecule has 0 aromatic carbocycles. The third-order valence-corrected chi connectivity index (χ3v) is 9.52. The quantitative estimate of drug-likeness (QED) is 0.729. The normalized spacial score (nSPS) is 48.5. The predicted octanol–water partition coefficient (Wildman–Crippen LogP) is 3.06. The molecule has 7 rings (SSSR count). The first kappa shape index (κ1) is 15.3. The van der Waals surface area contributed by atoms with E-state index in [1.807, 2.05) is 0 Å². The maximum Gasteiger partial charge on any atom is 0.348 e. The third-order valence-electron chi connectivity index (χ3n) is 9.52. The zero-order valence-corrected chi connectivity index (χ0v) is 16.0. The van der Waals surface area contributed by atoms with Crippen molar-refractivity contribution in [1.29, 1.82) is 0 Å². The van der Waals surface area contributed by atoms with Crippen LogP contribution in [0.3, 0.4) is 0 Å². The molecule has 0 radical (unpaired) electrons. The first-order chi connectivity index (χ1) is 12.2. The van der Waals surface area contributed by atoms with Gasteiger partial charge in [-0.1, -0.05) is 52.0 Å². The lowest BCUT2D eigenvalue weighted by molar-refractivity contribution is 0.0553. The van der Waals surface area contributed by atoms with Crippen LogP contribution in [-0.2, 0) is 0 Å². The molecule has 26 heavy (non-hydrogen) atoms. The highest BCUT2D eigenvalue weighted by atomic mass is 16.2. The molecule has 2 saturated carbocycles. The van der Waals surface area contributed by atoms with Crippen molar-refractivity contribution in [2.75, 3.05) is 0 Å². The van der Waals surface area contributed by atoms with E-state index < -0.39 is 0 Å². The standard InChI is InChI=1S/C21H27N3O2/c1-19(2)12-7-10-21(19,4)16(11-12)22-17(25)23-14-5-6-15(24(23)18(22)26)20(3)9-8-13(14)20/h5-6,8-9,12-16H,7,10-11H2,1-4H3/t12-,13-,14-,15-,16-,20+,21-/m1/s1. The molecule has 0 amide bonds. The number of fused-ring (bicyclic) bond motifs is 2. The van der Waals surface area contributed by atoms with E-state index in [9.17, 15) is 9.59 Å². The van der Waals surface area contributed by atoms with Crippen molar-refractivity contribution in [2.45, 2.75) is 65.1 Å². The zero-order chi connectivity index (χ0) is 18.2. The van der Waals surface area contributed by atoms with Gasteiger partial charge in [0, 0.05) is 17.4 Å². The Hall–Kier alpha value is -1.78. The van der Waals surface area contributed by atoms with E-state index in [2.05, 4.69) is 52.0 Å². The Labute approximate surface area is 153 Å². The number of aromatic nitrogens is 3. The largest absolute Gasteiger partial charge is 0.348 e. The fourth-order valence-corrected chi connectivity index (χ4v) is 7.24. The molecule has 138 valence electrons. The smallest absolute Gasteiger partial charge is 0.246 e. The minimum atomic E-state index is -0.0936. The predicted molar refractivity (Wildman–Crippen MR) is 99.2 cm³/mol.